The second-order valence-corrected chi connectivity index (χ2v) is 7.61. The summed E-state index contributed by atoms with van der Waals surface area (Å²) in [5.41, 5.74) is 2.53. The number of hydrogen-bond acceptors (Lipinski definition) is 4. The number of benzene rings is 3. The molecule has 4 aromatic rings. The zero-order chi connectivity index (χ0) is 22.1. The monoisotopic (exact) mass is 424 g/mol. The lowest BCUT2D eigenvalue weighted by molar-refractivity contribution is -0.116. The molecule has 0 unspecified atom stereocenters. The first-order valence-corrected chi connectivity index (χ1v) is 10.4. The first kappa shape index (κ1) is 19.7. The Morgan fingerprint density at radius 3 is 2.31 bits per heavy atom. The summed E-state index contributed by atoms with van der Waals surface area (Å²) >= 11 is 0. The van der Waals surface area contributed by atoms with Gasteiger partial charge in [-0.25, -0.2) is 4.98 Å². The van der Waals surface area contributed by atoms with Gasteiger partial charge in [-0.1, -0.05) is 36.4 Å². The van der Waals surface area contributed by atoms with Gasteiger partial charge in [0.05, 0.1) is 17.7 Å². The number of hydrogen-bond donors (Lipinski definition) is 1. The first-order valence-electron chi connectivity index (χ1n) is 10.4. The van der Waals surface area contributed by atoms with E-state index < -0.39 is 0 Å². The van der Waals surface area contributed by atoms with Crippen LogP contribution in [0.5, 0.6) is 0 Å². The van der Waals surface area contributed by atoms with E-state index in [2.05, 4.69) is 10.3 Å². The third-order valence-corrected chi connectivity index (χ3v) is 5.60. The number of imidazole rings is 1. The van der Waals surface area contributed by atoms with E-state index in [4.69, 9.17) is 0 Å². The van der Waals surface area contributed by atoms with Crippen LogP contribution < -0.4 is 5.32 Å². The maximum atomic E-state index is 13.0. The zero-order valence-corrected chi connectivity index (χ0v) is 17.2. The van der Waals surface area contributed by atoms with Crippen molar-refractivity contribution in [2.24, 2.45) is 0 Å². The molecule has 0 atom stereocenters. The zero-order valence-electron chi connectivity index (χ0n) is 17.2. The van der Waals surface area contributed by atoms with Crippen molar-refractivity contribution in [1.29, 1.82) is 0 Å². The van der Waals surface area contributed by atoms with Crippen molar-refractivity contribution in [2.75, 3.05) is 11.9 Å². The van der Waals surface area contributed by atoms with Crippen molar-refractivity contribution in [3.63, 3.8) is 0 Å². The molecule has 2 heterocycles. The Kier molecular flexibility index (Phi) is 4.99. The molecule has 0 bridgehead atoms. The molecule has 1 aromatic heterocycles. The van der Waals surface area contributed by atoms with Gasteiger partial charge in [0.15, 0.2) is 0 Å². The summed E-state index contributed by atoms with van der Waals surface area (Å²) in [4.78, 5) is 43.8. The topological polar surface area (TPSA) is 84.3 Å². The van der Waals surface area contributed by atoms with Crippen LogP contribution in [0.4, 0.5) is 5.69 Å². The molecule has 3 aromatic carbocycles. The Balaban J connectivity index is 1.26. The highest BCUT2D eigenvalue weighted by Crippen LogP contribution is 2.30. The number of aromatic nitrogens is 2. The average molecular weight is 424 g/mol. The number of carbonyl (C=O) groups is 3. The van der Waals surface area contributed by atoms with E-state index in [1.54, 1.807) is 30.9 Å². The Labute approximate surface area is 184 Å². The molecule has 0 radical (unpaired) electrons. The number of anilines is 1. The van der Waals surface area contributed by atoms with Gasteiger partial charge in [0.2, 0.25) is 5.91 Å². The van der Waals surface area contributed by atoms with E-state index in [9.17, 15) is 14.4 Å². The van der Waals surface area contributed by atoms with Gasteiger partial charge in [-0.3, -0.25) is 19.3 Å². The lowest BCUT2D eigenvalue weighted by atomic mass is 9.94. The van der Waals surface area contributed by atoms with Crippen LogP contribution in [0.1, 0.15) is 33.6 Å². The summed E-state index contributed by atoms with van der Waals surface area (Å²) in [6.45, 7) is 0.180. The Hall–Kier alpha value is -4.26. The summed E-state index contributed by atoms with van der Waals surface area (Å²) in [6, 6.07) is 18.4. The van der Waals surface area contributed by atoms with E-state index in [1.807, 2.05) is 53.1 Å². The molecule has 0 fully saturated rings. The van der Waals surface area contributed by atoms with Gasteiger partial charge in [-0.05, 0) is 36.1 Å². The smallest absolute Gasteiger partial charge is 0.261 e. The van der Waals surface area contributed by atoms with Crippen LogP contribution >= 0.6 is 0 Å². The summed E-state index contributed by atoms with van der Waals surface area (Å²) in [5, 5.41) is 4.49. The van der Waals surface area contributed by atoms with Gasteiger partial charge in [0.1, 0.15) is 0 Å². The SMILES string of the molecule is O=C(CCCN1C(=O)c2cccc3cccc(c23)C1=O)Nc1ccccc1-n1ccnc1. The highest BCUT2D eigenvalue weighted by molar-refractivity contribution is 6.25. The molecular weight excluding hydrogens is 404 g/mol. The highest BCUT2D eigenvalue weighted by Gasteiger charge is 2.32. The standard InChI is InChI=1S/C25H20N4O3/c30-22(27-20-10-1-2-11-21(20)28-15-13-26-16-28)12-5-14-29-24(31)18-8-3-6-17-7-4-9-19(23(17)18)25(29)32/h1-4,6-11,13,15-16H,5,12,14H2,(H,27,30). The molecule has 5 rings (SSSR count). The number of nitrogens with one attached hydrogen (secondary N) is 1. The minimum Gasteiger partial charge on any atom is -0.324 e. The fraction of sp³-hybridized carbons (Fsp3) is 0.120. The van der Waals surface area contributed by atoms with Crippen LogP contribution in [0.2, 0.25) is 0 Å². The maximum absolute atomic E-state index is 13.0. The Morgan fingerprint density at radius 2 is 1.62 bits per heavy atom. The fourth-order valence-corrected chi connectivity index (χ4v) is 4.10. The van der Waals surface area contributed by atoms with Crippen molar-refractivity contribution >= 4 is 34.2 Å². The van der Waals surface area contributed by atoms with Crippen LogP contribution in [-0.4, -0.2) is 38.7 Å². The first-order chi connectivity index (χ1) is 15.6. The number of amides is 3. The van der Waals surface area contributed by atoms with Crippen molar-refractivity contribution in [3.05, 3.63) is 90.5 Å². The highest BCUT2D eigenvalue weighted by atomic mass is 16.2. The van der Waals surface area contributed by atoms with E-state index >= 15 is 0 Å². The molecule has 1 aliphatic heterocycles. The lowest BCUT2D eigenvalue weighted by Crippen LogP contribution is -2.41. The molecule has 0 spiro atoms. The minimum atomic E-state index is -0.315. The number of rotatable bonds is 6. The molecule has 0 saturated carbocycles. The Morgan fingerprint density at radius 1 is 0.906 bits per heavy atom. The van der Waals surface area contributed by atoms with Crippen molar-refractivity contribution in [3.8, 4) is 5.69 Å². The summed E-state index contributed by atoms with van der Waals surface area (Å²) < 4.78 is 1.82. The molecule has 7 heteroatoms. The van der Waals surface area contributed by atoms with E-state index in [0.717, 1.165) is 11.1 Å². The minimum absolute atomic E-state index is 0.180. The number of carbonyl (C=O) groups excluding carboxylic acids is 3. The van der Waals surface area contributed by atoms with Crippen molar-refractivity contribution in [2.45, 2.75) is 12.8 Å². The fourth-order valence-electron chi connectivity index (χ4n) is 4.10. The molecule has 0 saturated heterocycles. The summed E-state index contributed by atoms with van der Waals surface area (Å²) in [5.74, 6) is -0.813. The van der Waals surface area contributed by atoms with Crippen LogP contribution in [-0.2, 0) is 4.79 Å². The van der Waals surface area contributed by atoms with Crippen LogP contribution in [0.3, 0.4) is 0 Å². The van der Waals surface area contributed by atoms with Crippen LogP contribution in [0, 0.1) is 0 Å². The number of para-hydroxylation sites is 2. The van der Waals surface area contributed by atoms with E-state index in [1.165, 1.54) is 4.90 Å². The molecule has 3 amide bonds. The quantitative estimate of drug-likeness (QED) is 0.474. The van der Waals surface area contributed by atoms with Gasteiger partial charge < -0.3 is 9.88 Å². The second-order valence-electron chi connectivity index (χ2n) is 7.61. The van der Waals surface area contributed by atoms with Gasteiger partial charge in [-0.15, -0.1) is 0 Å². The largest absolute Gasteiger partial charge is 0.324 e. The van der Waals surface area contributed by atoms with Gasteiger partial charge in [-0.2, -0.15) is 0 Å². The molecule has 7 nitrogen and oxygen atoms in total. The van der Waals surface area contributed by atoms with Crippen LogP contribution in [0.15, 0.2) is 79.4 Å². The van der Waals surface area contributed by atoms with E-state index in [0.29, 0.717) is 28.6 Å². The second kappa shape index (κ2) is 8.11. The predicted molar refractivity (Wildman–Crippen MR) is 121 cm³/mol. The maximum Gasteiger partial charge on any atom is 0.261 e. The van der Waals surface area contributed by atoms with E-state index in [-0.39, 0.29) is 30.7 Å². The normalized spacial score (nSPS) is 12.9. The van der Waals surface area contributed by atoms with Crippen LogP contribution in [0.25, 0.3) is 16.5 Å². The number of nitrogens with zero attached hydrogens (tertiary/aromatic N) is 3. The summed E-state index contributed by atoms with van der Waals surface area (Å²) in [7, 11) is 0. The summed E-state index contributed by atoms with van der Waals surface area (Å²) in [6.07, 6.45) is 5.69. The third-order valence-electron chi connectivity index (χ3n) is 5.60. The molecule has 1 N–H and O–H groups in total. The van der Waals surface area contributed by atoms with Gasteiger partial charge in [0.25, 0.3) is 11.8 Å². The van der Waals surface area contributed by atoms with Crippen molar-refractivity contribution < 1.29 is 14.4 Å². The Bertz CT molecular complexity index is 1290. The van der Waals surface area contributed by atoms with Gasteiger partial charge >= 0.3 is 0 Å². The average Bonchev–Trinajstić information content (AvgIpc) is 3.35. The molecular formula is C25H20N4O3. The molecule has 1 aliphatic rings. The molecule has 0 aliphatic carbocycles. The molecule has 158 valence electrons. The molecule has 32 heavy (non-hydrogen) atoms. The number of imide groups is 1. The lowest BCUT2D eigenvalue weighted by Gasteiger charge is -2.27. The van der Waals surface area contributed by atoms with Crippen molar-refractivity contribution in [1.82, 2.24) is 14.5 Å². The third kappa shape index (κ3) is 3.43. The van der Waals surface area contributed by atoms with Gasteiger partial charge in [0, 0.05) is 41.9 Å². The predicted octanol–water partition coefficient (Wildman–Crippen LogP) is 4.04.